The molecule has 0 bridgehead atoms. The summed E-state index contributed by atoms with van der Waals surface area (Å²) in [6.45, 7) is 0. The van der Waals surface area contributed by atoms with Crippen LogP contribution in [0, 0.1) is 0 Å². The summed E-state index contributed by atoms with van der Waals surface area (Å²) < 4.78 is 33.1. The molecule has 2 unspecified atom stereocenters. The summed E-state index contributed by atoms with van der Waals surface area (Å²) in [5.41, 5.74) is 11.1. The number of hydrogen-bond donors (Lipinski definition) is 1. The van der Waals surface area contributed by atoms with E-state index in [2.05, 4.69) is 99.7 Å². The number of rotatable bonds is 9. The number of imidazole rings is 1. The van der Waals surface area contributed by atoms with Crippen molar-refractivity contribution in [3.8, 4) is 11.4 Å². The number of aryl methyl sites for hydroxylation is 2. The maximum atomic E-state index is 15.1. The second-order valence-corrected chi connectivity index (χ2v) is 19.5. The number of fused-ring (bicyclic) bond motifs is 3. The Morgan fingerprint density at radius 2 is 1.31 bits per heavy atom. The molecule has 3 heterocycles. The summed E-state index contributed by atoms with van der Waals surface area (Å²) in [7, 11) is -4.36. The van der Waals surface area contributed by atoms with E-state index in [4.69, 9.17) is 4.98 Å². The van der Waals surface area contributed by atoms with Gasteiger partial charge in [0.05, 0.1) is 33.7 Å². The Balaban J connectivity index is 0.987. The summed E-state index contributed by atoms with van der Waals surface area (Å²) in [6, 6.07) is 58.1. The van der Waals surface area contributed by atoms with Gasteiger partial charge in [-0.2, -0.15) is 4.31 Å². The average molecular weight is 874 g/mol. The molecular formula is C56H51N5O3S. The van der Waals surface area contributed by atoms with E-state index in [0.29, 0.717) is 17.6 Å². The minimum Gasteiger partial charge on any atom is -0.378 e. The Morgan fingerprint density at radius 1 is 0.631 bits per heavy atom. The van der Waals surface area contributed by atoms with Crippen molar-refractivity contribution in [3.05, 3.63) is 204 Å². The van der Waals surface area contributed by atoms with Crippen molar-refractivity contribution in [2.45, 2.75) is 80.8 Å². The fourth-order valence-corrected chi connectivity index (χ4v) is 11.9. The fraction of sp³-hybridized carbons (Fsp3) is 0.214. The van der Waals surface area contributed by atoms with Crippen molar-refractivity contribution in [1.82, 2.24) is 9.55 Å². The van der Waals surface area contributed by atoms with E-state index in [0.717, 1.165) is 88.8 Å². The molecule has 1 amide bonds. The van der Waals surface area contributed by atoms with Gasteiger partial charge >= 0.3 is 0 Å². The monoisotopic (exact) mass is 873 g/mol. The van der Waals surface area contributed by atoms with Gasteiger partial charge in [-0.1, -0.05) is 116 Å². The van der Waals surface area contributed by atoms with Crippen LogP contribution < -0.4 is 14.5 Å². The van der Waals surface area contributed by atoms with Crippen LogP contribution in [0.1, 0.15) is 95.7 Å². The number of carbonyl (C=O) groups is 1. The lowest BCUT2D eigenvalue weighted by molar-refractivity contribution is 0.101. The van der Waals surface area contributed by atoms with E-state index < -0.39 is 15.9 Å². The molecule has 1 saturated carbocycles. The lowest BCUT2D eigenvalue weighted by Gasteiger charge is -2.40. The maximum Gasteiger partial charge on any atom is 0.272 e. The number of hydrogen-bond acceptors (Lipinski definition) is 6. The molecule has 2 atom stereocenters. The molecule has 1 aliphatic carbocycles. The third-order valence-electron chi connectivity index (χ3n) is 13.7. The van der Waals surface area contributed by atoms with Gasteiger partial charge in [-0.15, -0.1) is 0 Å². The van der Waals surface area contributed by atoms with Gasteiger partial charge in [0.25, 0.3) is 15.9 Å². The highest BCUT2D eigenvalue weighted by Crippen LogP contribution is 2.46. The van der Waals surface area contributed by atoms with Crippen molar-refractivity contribution >= 4 is 49.7 Å². The van der Waals surface area contributed by atoms with Gasteiger partial charge in [0, 0.05) is 34.2 Å². The smallest absolute Gasteiger partial charge is 0.272 e. The van der Waals surface area contributed by atoms with Crippen LogP contribution in [0.3, 0.4) is 0 Å². The van der Waals surface area contributed by atoms with E-state index in [1.165, 1.54) is 23.1 Å². The zero-order valence-electron chi connectivity index (χ0n) is 36.3. The third kappa shape index (κ3) is 7.67. The summed E-state index contributed by atoms with van der Waals surface area (Å²) in [4.78, 5) is 22.8. The van der Waals surface area contributed by atoms with Crippen LogP contribution in [0.15, 0.2) is 181 Å². The zero-order valence-corrected chi connectivity index (χ0v) is 37.1. The summed E-state index contributed by atoms with van der Waals surface area (Å²) in [5, 5.41) is 3.78. The van der Waals surface area contributed by atoms with Crippen molar-refractivity contribution in [2.75, 3.05) is 14.5 Å². The molecule has 0 radical (unpaired) electrons. The Kier molecular flexibility index (Phi) is 10.8. The molecule has 8 aromatic rings. The Morgan fingerprint density at radius 3 is 2.05 bits per heavy atom. The van der Waals surface area contributed by atoms with Crippen molar-refractivity contribution in [3.63, 3.8) is 0 Å². The summed E-state index contributed by atoms with van der Waals surface area (Å²) >= 11 is 0. The quantitative estimate of drug-likeness (QED) is 0.155. The first-order valence-corrected chi connectivity index (χ1v) is 24.5. The number of aromatic nitrogens is 2. The van der Waals surface area contributed by atoms with Gasteiger partial charge < -0.3 is 14.8 Å². The summed E-state index contributed by atoms with van der Waals surface area (Å²) in [5.74, 6) is 0.250. The largest absolute Gasteiger partial charge is 0.378 e. The Bertz CT molecular complexity index is 3120. The molecule has 65 heavy (non-hydrogen) atoms. The van der Waals surface area contributed by atoms with Gasteiger partial charge in [0.2, 0.25) is 0 Å². The van der Waals surface area contributed by atoms with E-state index in [-0.39, 0.29) is 28.6 Å². The van der Waals surface area contributed by atoms with Gasteiger partial charge in [-0.05, 0) is 140 Å². The predicted molar refractivity (Wildman–Crippen MR) is 261 cm³/mol. The molecule has 0 spiro atoms. The van der Waals surface area contributed by atoms with Gasteiger partial charge in [-0.3, -0.25) is 4.79 Å². The molecule has 1 aromatic heterocycles. The standard InChI is InChI=1S/C56H51N5O3S/c62-56(44-29-34-54-51(38-44)58-55(60(54)46-22-12-4-13-23-46)43-27-32-50-41(36-43)26-31-49(57-50)39-16-6-1-7-17-39)61(65(63,64)48-24-14-5-15-25-48)47-30-35-53-42(37-47)28-33-52(40-18-8-2-9-19-40)59(53)45-20-10-3-11-21-45/h1-3,5-11,14-21,24-25,27,29-30,32,34-38,46,49,52,57H,4,12-13,22-23,26,28,31,33H2. The average Bonchev–Trinajstić information content (AvgIpc) is 3.76. The van der Waals surface area contributed by atoms with Crippen LogP contribution >= 0.6 is 0 Å². The predicted octanol–water partition coefficient (Wildman–Crippen LogP) is 13.2. The van der Waals surface area contributed by atoms with Gasteiger partial charge in [0.15, 0.2) is 0 Å². The lowest BCUT2D eigenvalue weighted by atomic mass is 9.90. The SMILES string of the molecule is O=C(c1ccc2c(c1)nc(-c1ccc3c(c1)CCC(c1ccccc1)N3)n2C1CCCCC1)N(c1ccc2c(c1)CCC(c1ccccc1)N2c1ccccc1)S(=O)(=O)c1ccccc1. The maximum absolute atomic E-state index is 15.1. The van der Waals surface area contributed by atoms with Crippen LogP contribution in [-0.2, 0) is 22.9 Å². The summed E-state index contributed by atoms with van der Waals surface area (Å²) in [6.07, 6.45) is 9.10. The van der Waals surface area contributed by atoms with Crippen LogP contribution in [0.2, 0.25) is 0 Å². The highest BCUT2D eigenvalue weighted by molar-refractivity contribution is 7.93. The number of nitrogens with zero attached hydrogens (tertiary/aromatic N) is 4. The number of carbonyl (C=O) groups excluding carboxylic acids is 1. The first kappa shape index (κ1) is 40.8. The van der Waals surface area contributed by atoms with Crippen LogP contribution in [0.5, 0.6) is 0 Å². The van der Waals surface area contributed by atoms with Crippen molar-refractivity contribution in [1.29, 1.82) is 0 Å². The van der Waals surface area contributed by atoms with E-state index in [1.807, 2.05) is 42.5 Å². The molecule has 3 aliphatic rings. The van der Waals surface area contributed by atoms with Crippen LogP contribution in [-0.4, -0.2) is 23.9 Å². The fourth-order valence-electron chi connectivity index (χ4n) is 10.5. The molecule has 324 valence electrons. The molecule has 9 heteroatoms. The Hall–Kier alpha value is -6.97. The number of para-hydroxylation sites is 1. The first-order valence-electron chi connectivity index (χ1n) is 23.0. The number of amides is 1. The number of anilines is 4. The van der Waals surface area contributed by atoms with Gasteiger partial charge in [-0.25, -0.2) is 13.4 Å². The highest BCUT2D eigenvalue weighted by atomic mass is 32.2. The molecule has 0 saturated heterocycles. The van der Waals surface area contributed by atoms with E-state index >= 15 is 4.79 Å². The van der Waals surface area contributed by atoms with Crippen molar-refractivity contribution in [2.24, 2.45) is 0 Å². The molecule has 8 nitrogen and oxygen atoms in total. The number of benzene rings is 7. The van der Waals surface area contributed by atoms with E-state index in [9.17, 15) is 8.42 Å². The first-order chi connectivity index (χ1) is 31.9. The topological polar surface area (TPSA) is 87.5 Å². The van der Waals surface area contributed by atoms with Gasteiger partial charge in [0.1, 0.15) is 5.82 Å². The Labute approximate surface area is 381 Å². The normalized spacial score (nSPS) is 17.5. The number of nitrogens with one attached hydrogen (secondary N) is 1. The molecule has 1 N–H and O–H groups in total. The molecular weight excluding hydrogens is 823 g/mol. The minimum absolute atomic E-state index is 0.0445. The van der Waals surface area contributed by atoms with Crippen LogP contribution in [0.4, 0.5) is 22.7 Å². The zero-order chi connectivity index (χ0) is 43.9. The minimum atomic E-state index is -4.36. The molecule has 2 aliphatic heterocycles. The van der Waals surface area contributed by atoms with Crippen molar-refractivity contribution < 1.29 is 13.2 Å². The number of sulfonamides is 1. The third-order valence-corrected chi connectivity index (χ3v) is 15.4. The second-order valence-electron chi connectivity index (χ2n) is 17.7. The van der Waals surface area contributed by atoms with Crippen LogP contribution in [0.25, 0.3) is 22.4 Å². The molecule has 1 fully saturated rings. The second kappa shape index (κ2) is 17.2. The molecule has 11 rings (SSSR count). The molecule has 7 aromatic carbocycles. The highest BCUT2D eigenvalue weighted by Gasteiger charge is 2.35. The van der Waals surface area contributed by atoms with E-state index in [1.54, 1.807) is 48.5 Å². The lowest BCUT2D eigenvalue weighted by Crippen LogP contribution is -2.37.